The van der Waals surface area contributed by atoms with Gasteiger partial charge in [-0.2, -0.15) is 0 Å². The summed E-state index contributed by atoms with van der Waals surface area (Å²) in [7, 11) is 0. The highest BCUT2D eigenvalue weighted by atomic mass is 79.9. The number of hydrogen-bond acceptors (Lipinski definition) is 4. The summed E-state index contributed by atoms with van der Waals surface area (Å²) in [6.07, 6.45) is 1.55. The van der Waals surface area contributed by atoms with Gasteiger partial charge in [-0.05, 0) is 25.1 Å². The van der Waals surface area contributed by atoms with Crippen molar-refractivity contribution in [2.45, 2.75) is 6.92 Å². The highest BCUT2D eigenvalue weighted by Gasteiger charge is 1.96. The van der Waals surface area contributed by atoms with Crippen molar-refractivity contribution < 1.29 is 4.74 Å². The lowest BCUT2D eigenvalue weighted by Gasteiger charge is -2.08. The third kappa shape index (κ3) is 4.00. The largest absolute Gasteiger partial charge is 0.492 e. The molecule has 18 heavy (non-hydrogen) atoms. The number of anilines is 1. The summed E-state index contributed by atoms with van der Waals surface area (Å²) >= 11 is 3.40. The van der Waals surface area contributed by atoms with Gasteiger partial charge in [0.15, 0.2) is 0 Å². The van der Waals surface area contributed by atoms with Crippen molar-refractivity contribution in [3.8, 4) is 5.75 Å². The van der Waals surface area contributed by atoms with Gasteiger partial charge in [-0.25, -0.2) is 9.97 Å². The Morgan fingerprint density at radius 2 is 2.17 bits per heavy atom. The molecule has 0 aliphatic carbocycles. The zero-order chi connectivity index (χ0) is 12.8. The smallest absolute Gasteiger partial charge is 0.129 e. The maximum absolute atomic E-state index is 5.60. The zero-order valence-electron chi connectivity index (χ0n) is 10.1. The van der Waals surface area contributed by atoms with Gasteiger partial charge in [-0.15, -0.1) is 0 Å². The van der Waals surface area contributed by atoms with Gasteiger partial charge in [-0.3, -0.25) is 0 Å². The molecule has 1 heterocycles. The van der Waals surface area contributed by atoms with Gasteiger partial charge in [0.1, 0.15) is 24.5 Å². The Labute approximate surface area is 115 Å². The van der Waals surface area contributed by atoms with Crippen LogP contribution in [0.15, 0.2) is 41.1 Å². The fourth-order valence-electron chi connectivity index (χ4n) is 1.46. The molecule has 4 nitrogen and oxygen atoms in total. The Morgan fingerprint density at radius 1 is 1.28 bits per heavy atom. The monoisotopic (exact) mass is 307 g/mol. The molecule has 1 aromatic carbocycles. The van der Waals surface area contributed by atoms with Crippen LogP contribution in [0.2, 0.25) is 0 Å². The molecule has 1 aromatic heterocycles. The van der Waals surface area contributed by atoms with Crippen molar-refractivity contribution in [2.24, 2.45) is 0 Å². The van der Waals surface area contributed by atoms with Gasteiger partial charge < -0.3 is 10.1 Å². The molecule has 0 bridgehead atoms. The number of ether oxygens (including phenoxy) is 1. The second-order valence-electron chi connectivity index (χ2n) is 3.78. The summed E-state index contributed by atoms with van der Waals surface area (Å²) in [4.78, 5) is 8.15. The second-order valence-corrected chi connectivity index (χ2v) is 4.69. The SMILES string of the molecule is Cc1cc(NCCOc2cccc(Br)c2)ncn1. The Morgan fingerprint density at radius 3 is 2.94 bits per heavy atom. The molecule has 0 saturated carbocycles. The Balaban J connectivity index is 1.76. The second kappa shape index (κ2) is 6.35. The number of hydrogen-bond donors (Lipinski definition) is 1. The number of rotatable bonds is 5. The molecule has 0 radical (unpaired) electrons. The topological polar surface area (TPSA) is 47.0 Å². The molecule has 2 rings (SSSR count). The van der Waals surface area contributed by atoms with Gasteiger partial charge in [-0.1, -0.05) is 22.0 Å². The molecule has 0 unspecified atom stereocenters. The molecule has 0 atom stereocenters. The van der Waals surface area contributed by atoms with Crippen LogP contribution in [0.3, 0.4) is 0 Å². The maximum Gasteiger partial charge on any atom is 0.129 e. The molecule has 0 spiro atoms. The summed E-state index contributed by atoms with van der Waals surface area (Å²) in [5.74, 6) is 1.67. The van der Waals surface area contributed by atoms with E-state index in [0.29, 0.717) is 13.2 Å². The van der Waals surface area contributed by atoms with Crippen molar-refractivity contribution in [3.05, 3.63) is 46.8 Å². The van der Waals surface area contributed by atoms with Crippen molar-refractivity contribution in [2.75, 3.05) is 18.5 Å². The minimum absolute atomic E-state index is 0.583. The van der Waals surface area contributed by atoms with E-state index in [9.17, 15) is 0 Å². The first kappa shape index (κ1) is 12.8. The molecule has 2 aromatic rings. The van der Waals surface area contributed by atoms with Crippen LogP contribution in [0, 0.1) is 6.92 Å². The van der Waals surface area contributed by atoms with Gasteiger partial charge >= 0.3 is 0 Å². The van der Waals surface area contributed by atoms with Crippen LogP contribution in [0.5, 0.6) is 5.75 Å². The van der Waals surface area contributed by atoms with Crippen molar-refractivity contribution in [3.63, 3.8) is 0 Å². The van der Waals surface area contributed by atoms with E-state index in [-0.39, 0.29) is 0 Å². The summed E-state index contributed by atoms with van der Waals surface area (Å²) in [5.41, 5.74) is 0.945. The predicted molar refractivity (Wildman–Crippen MR) is 74.9 cm³/mol. The van der Waals surface area contributed by atoms with Crippen molar-refractivity contribution in [1.29, 1.82) is 0 Å². The Hall–Kier alpha value is -1.62. The van der Waals surface area contributed by atoms with E-state index >= 15 is 0 Å². The van der Waals surface area contributed by atoms with Crippen LogP contribution in [-0.2, 0) is 0 Å². The number of nitrogens with zero attached hydrogens (tertiary/aromatic N) is 2. The molecule has 0 aliphatic rings. The third-order valence-corrected chi connectivity index (χ3v) is 2.77. The molecular weight excluding hydrogens is 294 g/mol. The first-order valence-corrected chi connectivity index (χ1v) is 6.44. The number of aryl methyl sites for hydroxylation is 1. The number of halogens is 1. The van der Waals surface area contributed by atoms with Crippen LogP contribution in [-0.4, -0.2) is 23.1 Å². The highest BCUT2D eigenvalue weighted by Crippen LogP contribution is 2.17. The zero-order valence-corrected chi connectivity index (χ0v) is 11.6. The highest BCUT2D eigenvalue weighted by molar-refractivity contribution is 9.10. The van der Waals surface area contributed by atoms with E-state index in [1.54, 1.807) is 6.33 Å². The summed E-state index contributed by atoms with van der Waals surface area (Å²) in [6, 6.07) is 9.68. The molecule has 0 aliphatic heterocycles. The molecule has 1 N–H and O–H groups in total. The standard InChI is InChI=1S/C13H14BrN3O/c1-10-7-13(17-9-16-10)15-5-6-18-12-4-2-3-11(14)8-12/h2-4,7-9H,5-6H2,1H3,(H,15,16,17). The van der Waals surface area contributed by atoms with Gasteiger partial charge in [0.25, 0.3) is 0 Å². The minimum atomic E-state index is 0.583. The Kier molecular flexibility index (Phi) is 4.52. The van der Waals surface area contributed by atoms with Crippen molar-refractivity contribution >= 4 is 21.7 Å². The molecule has 0 saturated heterocycles. The van der Waals surface area contributed by atoms with E-state index in [0.717, 1.165) is 21.7 Å². The fraction of sp³-hybridized carbons (Fsp3) is 0.231. The fourth-order valence-corrected chi connectivity index (χ4v) is 1.83. The molecule has 0 amide bonds. The summed E-state index contributed by atoms with van der Waals surface area (Å²) in [6.45, 7) is 3.22. The lowest BCUT2D eigenvalue weighted by molar-refractivity contribution is 0.332. The van der Waals surface area contributed by atoms with Crippen LogP contribution in [0.4, 0.5) is 5.82 Å². The number of benzene rings is 1. The van der Waals surface area contributed by atoms with E-state index in [1.165, 1.54) is 0 Å². The van der Waals surface area contributed by atoms with Crippen LogP contribution in [0.1, 0.15) is 5.69 Å². The quantitative estimate of drug-likeness (QED) is 0.863. The van der Waals surface area contributed by atoms with Gasteiger partial charge in [0.05, 0.1) is 6.54 Å². The summed E-state index contributed by atoms with van der Waals surface area (Å²) < 4.78 is 6.62. The van der Waals surface area contributed by atoms with E-state index in [2.05, 4.69) is 31.2 Å². The number of aromatic nitrogens is 2. The lowest BCUT2D eigenvalue weighted by atomic mass is 10.3. The normalized spacial score (nSPS) is 10.1. The van der Waals surface area contributed by atoms with Crippen LogP contribution < -0.4 is 10.1 Å². The van der Waals surface area contributed by atoms with E-state index in [1.807, 2.05) is 37.3 Å². The average molecular weight is 308 g/mol. The van der Waals surface area contributed by atoms with Crippen LogP contribution in [0.25, 0.3) is 0 Å². The first-order valence-electron chi connectivity index (χ1n) is 5.65. The maximum atomic E-state index is 5.60. The Bertz CT molecular complexity index is 472. The van der Waals surface area contributed by atoms with Crippen LogP contribution >= 0.6 is 15.9 Å². The summed E-state index contributed by atoms with van der Waals surface area (Å²) in [5, 5.41) is 3.18. The van der Waals surface area contributed by atoms with Gasteiger partial charge in [0.2, 0.25) is 0 Å². The minimum Gasteiger partial charge on any atom is -0.492 e. The predicted octanol–water partition coefficient (Wildman–Crippen LogP) is 3.04. The third-order valence-electron chi connectivity index (χ3n) is 2.28. The molecule has 5 heteroatoms. The molecule has 94 valence electrons. The lowest BCUT2D eigenvalue weighted by Crippen LogP contribution is -2.12. The van der Waals surface area contributed by atoms with Gasteiger partial charge in [0, 0.05) is 16.2 Å². The first-order chi connectivity index (χ1) is 8.74. The number of nitrogens with one attached hydrogen (secondary N) is 1. The molecular formula is C13H14BrN3O. The van der Waals surface area contributed by atoms with E-state index in [4.69, 9.17) is 4.74 Å². The van der Waals surface area contributed by atoms with E-state index < -0.39 is 0 Å². The van der Waals surface area contributed by atoms with Crippen molar-refractivity contribution in [1.82, 2.24) is 9.97 Å². The average Bonchev–Trinajstić information content (AvgIpc) is 2.35. The molecule has 0 fully saturated rings.